The van der Waals surface area contributed by atoms with E-state index >= 15 is 0 Å². The number of hydrogen-bond acceptors (Lipinski definition) is 4. The Morgan fingerprint density at radius 1 is 0.947 bits per heavy atom. The van der Waals surface area contributed by atoms with E-state index in [0.717, 1.165) is 5.56 Å². The fourth-order valence-electron chi connectivity index (χ4n) is 4.24. The van der Waals surface area contributed by atoms with Gasteiger partial charge in [-0.25, -0.2) is 4.39 Å². The largest absolute Gasteiger partial charge is 0.486 e. The Balaban J connectivity index is 1.15. The molecule has 3 aromatic carbocycles. The standard InChI is InChI=1S/C31H28FN3O3/c1-31(2,23-8-4-3-5-9-23)24-11-13-26(14-12-24)37-21-27-15-16-28(38-27)30(36)33-29-17-18-35(34-29)20-22-7-6-10-25(32)19-22/h3-19H,20-21H2,1-2H3,(H,33,34,36). The topological polar surface area (TPSA) is 69.3 Å². The number of benzene rings is 3. The van der Waals surface area contributed by atoms with E-state index in [1.807, 2.05) is 36.4 Å². The third-order valence-corrected chi connectivity index (χ3v) is 6.45. The maximum absolute atomic E-state index is 13.4. The Labute approximate surface area is 220 Å². The lowest BCUT2D eigenvalue weighted by atomic mass is 9.78. The van der Waals surface area contributed by atoms with E-state index in [0.29, 0.717) is 23.9 Å². The fraction of sp³-hybridized carbons (Fsp3) is 0.161. The van der Waals surface area contributed by atoms with Crippen molar-refractivity contribution >= 4 is 11.7 Å². The van der Waals surface area contributed by atoms with Crippen LogP contribution < -0.4 is 10.1 Å². The van der Waals surface area contributed by atoms with Crippen molar-refractivity contribution < 1.29 is 18.3 Å². The van der Waals surface area contributed by atoms with Gasteiger partial charge in [0.25, 0.3) is 5.91 Å². The van der Waals surface area contributed by atoms with Crippen LogP contribution in [0.4, 0.5) is 10.2 Å². The zero-order valence-corrected chi connectivity index (χ0v) is 21.2. The lowest BCUT2D eigenvalue weighted by Gasteiger charge is -2.26. The highest BCUT2D eigenvalue weighted by molar-refractivity contribution is 6.01. The molecule has 1 N–H and O–H groups in total. The summed E-state index contributed by atoms with van der Waals surface area (Å²) in [5.74, 6) is 1.05. The number of anilines is 1. The zero-order valence-electron chi connectivity index (χ0n) is 21.2. The monoisotopic (exact) mass is 509 g/mol. The minimum absolute atomic E-state index is 0.127. The van der Waals surface area contributed by atoms with Gasteiger partial charge in [-0.05, 0) is 53.1 Å². The Kier molecular flexibility index (Phi) is 7.09. The van der Waals surface area contributed by atoms with Gasteiger partial charge >= 0.3 is 0 Å². The summed E-state index contributed by atoms with van der Waals surface area (Å²) in [6, 6.07) is 29.7. The smallest absolute Gasteiger partial charge is 0.292 e. The average molecular weight is 510 g/mol. The number of halogens is 1. The van der Waals surface area contributed by atoms with E-state index in [1.165, 1.54) is 23.3 Å². The quantitative estimate of drug-likeness (QED) is 0.237. The minimum atomic E-state index is -0.417. The molecule has 0 saturated heterocycles. The molecule has 7 heteroatoms. The van der Waals surface area contributed by atoms with Crippen molar-refractivity contribution in [2.24, 2.45) is 0 Å². The van der Waals surface area contributed by atoms with Crippen molar-refractivity contribution in [1.82, 2.24) is 9.78 Å². The van der Waals surface area contributed by atoms with Crippen molar-refractivity contribution in [2.75, 3.05) is 5.32 Å². The van der Waals surface area contributed by atoms with Gasteiger partial charge < -0.3 is 14.5 Å². The second-order valence-corrected chi connectivity index (χ2v) is 9.55. The van der Waals surface area contributed by atoms with E-state index in [9.17, 15) is 9.18 Å². The Morgan fingerprint density at radius 2 is 1.71 bits per heavy atom. The molecule has 2 heterocycles. The molecule has 6 nitrogen and oxygen atoms in total. The predicted octanol–water partition coefficient (Wildman–Crippen LogP) is 6.82. The first kappa shape index (κ1) is 25.0. The molecule has 0 saturated carbocycles. The highest BCUT2D eigenvalue weighted by atomic mass is 19.1. The van der Waals surface area contributed by atoms with Crippen LogP contribution in [0.3, 0.4) is 0 Å². The van der Waals surface area contributed by atoms with Crippen LogP contribution >= 0.6 is 0 Å². The molecule has 5 aromatic rings. The van der Waals surface area contributed by atoms with Crippen LogP contribution in [0.1, 0.15) is 46.9 Å². The van der Waals surface area contributed by atoms with E-state index in [4.69, 9.17) is 9.15 Å². The molecular weight excluding hydrogens is 481 g/mol. The van der Waals surface area contributed by atoms with Crippen molar-refractivity contribution in [3.63, 3.8) is 0 Å². The lowest BCUT2D eigenvalue weighted by molar-refractivity contribution is 0.0992. The molecule has 0 unspecified atom stereocenters. The normalized spacial score (nSPS) is 11.3. The summed E-state index contributed by atoms with van der Waals surface area (Å²) < 4.78 is 26.6. The van der Waals surface area contributed by atoms with Crippen LogP contribution in [0.2, 0.25) is 0 Å². The number of furan rings is 1. The van der Waals surface area contributed by atoms with Gasteiger partial charge in [0.2, 0.25) is 0 Å². The highest BCUT2D eigenvalue weighted by Crippen LogP contribution is 2.32. The minimum Gasteiger partial charge on any atom is -0.486 e. The van der Waals surface area contributed by atoms with Crippen LogP contribution in [-0.2, 0) is 18.6 Å². The summed E-state index contributed by atoms with van der Waals surface area (Å²) in [6.45, 7) is 4.97. The van der Waals surface area contributed by atoms with Gasteiger partial charge in [0.15, 0.2) is 11.6 Å². The predicted molar refractivity (Wildman–Crippen MR) is 144 cm³/mol. The van der Waals surface area contributed by atoms with E-state index in [-0.39, 0.29) is 23.6 Å². The van der Waals surface area contributed by atoms with E-state index in [1.54, 1.807) is 35.1 Å². The maximum atomic E-state index is 13.4. The van der Waals surface area contributed by atoms with Crippen molar-refractivity contribution in [2.45, 2.75) is 32.4 Å². The van der Waals surface area contributed by atoms with Crippen LogP contribution in [-0.4, -0.2) is 15.7 Å². The summed E-state index contributed by atoms with van der Waals surface area (Å²) >= 11 is 0. The number of rotatable bonds is 9. The third kappa shape index (κ3) is 5.83. The van der Waals surface area contributed by atoms with Gasteiger partial charge in [0.05, 0.1) is 6.54 Å². The summed E-state index contributed by atoms with van der Waals surface area (Å²) in [7, 11) is 0. The Hall–Kier alpha value is -4.65. The van der Waals surface area contributed by atoms with Crippen LogP contribution in [0.25, 0.3) is 0 Å². The SMILES string of the molecule is CC(C)(c1ccccc1)c1ccc(OCc2ccc(C(=O)Nc3ccn(Cc4cccc(F)c4)n3)o2)cc1. The molecule has 1 amide bonds. The molecule has 0 aliphatic rings. The van der Waals surface area contributed by atoms with Crippen LogP contribution in [0.15, 0.2) is 108 Å². The number of carbonyl (C=O) groups is 1. The van der Waals surface area contributed by atoms with Gasteiger partial charge in [-0.1, -0.05) is 68.4 Å². The second kappa shape index (κ2) is 10.8. The zero-order chi connectivity index (χ0) is 26.5. The van der Waals surface area contributed by atoms with Crippen molar-refractivity contribution in [1.29, 1.82) is 0 Å². The third-order valence-electron chi connectivity index (χ3n) is 6.45. The van der Waals surface area contributed by atoms with Crippen molar-refractivity contribution in [3.8, 4) is 5.75 Å². The molecule has 2 aromatic heterocycles. The average Bonchev–Trinajstić information content (AvgIpc) is 3.58. The molecule has 0 spiro atoms. The van der Waals surface area contributed by atoms with Crippen LogP contribution in [0, 0.1) is 5.82 Å². The summed E-state index contributed by atoms with van der Waals surface area (Å²) in [5, 5.41) is 7.04. The fourth-order valence-corrected chi connectivity index (χ4v) is 4.24. The van der Waals surface area contributed by atoms with Crippen LogP contribution in [0.5, 0.6) is 5.75 Å². The first-order valence-electron chi connectivity index (χ1n) is 12.3. The van der Waals surface area contributed by atoms with Gasteiger partial charge in [-0.2, -0.15) is 5.10 Å². The second-order valence-electron chi connectivity index (χ2n) is 9.55. The van der Waals surface area contributed by atoms with Gasteiger partial charge in [-0.3, -0.25) is 9.48 Å². The lowest BCUT2D eigenvalue weighted by Crippen LogP contribution is -2.18. The first-order chi connectivity index (χ1) is 18.4. The number of ether oxygens (including phenoxy) is 1. The Morgan fingerprint density at radius 3 is 2.47 bits per heavy atom. The first-order valence-corrected chi connectivity index (χ1v) is 12.3. The van der Waals surface area contributed by atoms with Gasteiger partial charge in [-0.15, -0.1) is 0 Å². The molecule has 0 atom stereocenters. The van der Waals surface area contributed by atoms with Gasteiger partial charge in [0.1, 0.15) is 23.9 Å². The molecule has 192 valence electrons. The molecule has 0 aliphatic carbocycles. The number of hydrogen-bond donors (Lipinski definition) is 1. The molecule has 38 heavy (non-hydrogen) atoms. The molecular formula is C31H28FN3O3. The number of nitrogens with zero attached hydrogens (tertiary/aromatic N) is 2. The van der Waals surface area contributed by atoms with Crippen molar-refractivity contribution in [3.05, 3.63) is 137 Å². The van der Waals surface area contributed by atoms with E-state index < -0.39 is 5.91 Å². The summed E-state index contributed by atoms with van der Waals surface area (Å²) in [4.78, 5) is 12.6. The number of aromatic nitrogens is 2. The maximum Gasteiger partial charge on any atom is 0.292 e. The molecule has 0 radical (unpaired) electrons. The number of carbonyl (C=O) groups excluding carboxylic acids is 1. The Bertz CT molecular complexity index is 1520. The molecule has 0 aliphatic heterocycles. The molecule has 0 bridgehead atoms. The van der Waals surface area contributed by atoms with E-state index in [2.05, 4.69) is 48.5 Å². The molecule has 0 fully saturated rings. The summed E-state index contributed by atoms with van der Waals surface area (Å²) in [6.07, 6.45) is 1.72. The molecule has 5 rings (SSSR count). The van der Waals surface area contributed by atoms with Gasteiger partial charge in [0, 0.05) is 17.7 Å². The summed E-state index contributed by atoms with van der Waals surface area (Å²) in [5.41, 5.74) is 3.08. The number of nitrogens with one attached hydrogen (secondary N) is 1. The highest BCUT2D eigenvalue weighted by Gasteiger charge is 2.22. The number of amides is 1.